The van der Waals surface area contributed by atoms with Gasteiger partial charge in [-0.1, -0.05) is 48.5 Å². The summed E-state index contributed by atoms with van der Waals surface area (Å²) in [5.41, 5.74) is 3.89. The maximum absolute atomic E-state index is 10.9. The number of aryl methyl sites for hydroxylation is 2. The van der Waals surface area contributed by atoms with E-state index in [1.807, 2.05) is 36.4 Å². The molecule has 4 rings (SSSR count). The first-order chi connectivity index (χ1) is 18.4. The topological polar surface area (TPSA) is 93.1 Å². The maximum atomic E-state index is 10.9. The Balaban J connectivity index is 1.20. The molecule has 0 aliphatic carbocycles. The summed E-state index contributed by atoms with van der Waals surface area (Å²) in [5, 5.41) is 17.9. The van der Waals surface area contributed by atoms with Crippen LogP contribution in [0.1, 0.15) is 35.1 Å². The fourth-order valence-electron chi connectivity index (χ4n) is 4.17. The van der Waals surface area contributed by atoms with E-state index in [2.05, 4.69) is 24.3 Å². The summed E-state index contributed by atoms with van der Waals surface area (Å²) in [6.45, 7) is 0. The molecule has 0 spiro atoms. The van der Waals surface area contributed by atoms with E-state index in [1.165, 1.54) is 11.1 Å². The molecule has 0 saturated heterocycles. The molecule has 6 nitrogen and oxygen atoms in total. The summed E-state index contributed by atoms with van der Waals surface area (Å²) in [4.78, 5) is 21.8. The minimum absolute atomic E-state index is 0.0291. The van der Waals surface area contributed by atoms with Gasteiger partial charge in [-0.05, 0) is 96.5 Å². The van der Waals surface area contributed by atoms with E-state index in [4.69, 9.17) is 19.7 Å². The summed E-state index contributed by atoms with van der Waals surface area (Å²) >= 11 is 0. The molecule has 0 radical (unpaired) electrons. The first-order valence-electron chi connectivity index (χ1n) is 12.6. The van der Waals surface area contributed by atoms with Crippen molar-refractivity contribution < 1.29 is 29.3 Å². The summed E-state index contributed by atoms with van der Waals surface area (Å²) in [6, 6.07) is 30.3. The Labute approximate surface area is 222 Å². The van der Waals surface area contributed by atoms with Gasteiger partial charge in [-0.25, -0.2) is 0 Å². The molecule has 0 amide bonds. The van der Waals surface area contributed by atoms with Crippen molar-refractivity contribution in [3.8, 4) is 23.0 Å². The minimum atomic E-state index is -0.866. The molecule has 194 valence electrons. The maximum Gasteiger partial charge on any atom is 0.307 e. The third-order valence-corrected chi connectivity index (χ3v) is 6.01. The van der Waals surface area contributed by atoms with Crippen LogP contribution in [0.25, 0.3) is 0 Å². The van der Waals surface area contributed by atoms with Gasteiger partial charge in [-0.2, -0.15) is 0 Å². The third-order valence-electron chi connectivity index (χ3n) is 6.01. The number of hydrogen-bond acceptors (Lipinski definition) is 4. The summed E-state index contributed by atoms with van der Waals surface area (Å²) in [7, 11) is 0. The standard InChI is InChI=1S/C32H30O6/c33-31(34)21-25-7-3-9-29(19-25)37-27-15-11-23(12-16-27)5-1-2-6-24-13-17-28(18-14-24)38-30-10-4-8-26(20-30)22-32(35)36/h3-4,7-20H,1-2,5-6,21-22H2,(H,33,34)(H,35,36). The largest absolute Gasteiger partial charge is 0.481 e. The Morgan fingerprint density at radius 1 is 0.500 bits per heavy atom. The van der Waals surface area contributed by atoms with Crippen LogP contribution in [0.3, 0.4) is 0 Å². The predicted molar refractivity (Wildman–Crippen MR) is 145 cm³/mol. The number of carboxylic acid groups (broad SMARTS) is 2. The molecule has 4 aromatic carbocycles. The van der Waals surface area contributed by atoms with E-state index in [0.717, 1.165) is 37.2 Å². The van der Waals surface area contributed by atoms with Crippen LogP contribution in [-0.4, -0.2) is 22.2 Å². The van der Waals surface area contributed by atoms with Gasteiger partial charge in [0.2, 0.25) is 0 Å². The molecule has 0 unspecified atom stereocenters. The molecule has 2 N–H and O–H groups in total. The second kappa shape index (κ2) is 13.1. The van der Waals surface area contributed by atoms with E-state index < -0.39 is 11.9 Å². The number of rotatable bonds is 13. The predicted octanol–water partition coefficient (Wildman–Crippen LogP) is 7.09. The zero-order valence-electron chi connectivity index (χ0n) is 21.0. The molecule has 0 atom stereocenters. The van der Waals surface area contributed by atoms with Gasteiger partial charge in [-0.3, -0.25) is 9.59 Å². The van der Waals surface area contributed by atoms with Crippen molar-refractivity contribution in [2.24, 2.45) is 0 Å². The van der Waals surface area contributed by atoms with Gasteiger partial charge < -0.3 is 19.7 Å². The van der Waals surface area contributed by atoms with Gasteiger partial charge in [0.1, 0.15) is 23.0 Å². The fourth-order valence-corrected chi connectivity index (χ4v) is 4.17. The Kier molecular flexibility index (Phi) is 9.13. The van der Waals surface area contributed by atoms with Crippen LogP contribution in [-0.2, 0) is 35.3 Å². The highest BCUT2D eigenvalue weighted by molar-refractivity contribution is 5.70. The first kappa shape index (κ1) is 26.5. The lowest BCUT2D eigenvalue weighted by molar-refractivity contribution is -0.137. The molecule has 0 fully saturated rings. The van der Waals surface area contributed by atoms with Gasteiger partial charge in [-0.15, -0.1) is 0 Å². The SMILES string of the molecule is O=C(O)Cc1cccc(Oc2ccc(CCCCc3ccc(Oc4cccc(CC(=O)O)c4)cc3)cc2)c1. The van der Waals surface area contributed by atoms with E-state index in [0.29, 0.717) is 22.6 Å². The molecule has 0 aliphatic heterocycles. The van der Waals surface area contributed by atoms with Gasteiger partial charge in [0.15, 0.2) is 0 Å². The molecule has 38 heavy (non-hydrogen) atoms. The molecule has 0 aliphatic rings. The molecule has 0 saturated carbocycles. The second-order valence-electron chi connectivity index (χ2n) is 9.13. The molecule has 4 aromatic rings. The van der Waals surface area contributed by atoms with Crippen molar-refractivity contribution in [2.45, 2.75) is 38.5 Å². The van der Waals surface area contributed by atoms with Crippen molar-refractivity contribution >= 4 is 11.9 Å². The van der Waals surface area contributed by atoms with E-state index in [1.54, 1.807) is 36.4 Å². The smallest absolute Gasteiger partial charge is 0.307 e. The summed E-state index contributed by atoms with van der Waals surface area (Å²) in [5.74, 6) is 0.957. The van der Waals surface area contributed by atoms with Crippen LogP contribution in [0.2, 0.25) is 0 Å². The first-order valence-corrected chi connectivity index (χ1v) is 12.6. The molecule has 0 bridgehead atoms. The number of carbonyl (C=O) groups is 2. The Morgan fingerprint density at radius 2 is 0.895 bits per heavy atom. The van der Waals surface area contributed by atoms with Crippen LogP contribution in [0.15, 0.2) is 97.1 Å². The number of unbranched alkanes of at least 4 members (excludes halogenated alkanes) is 1. The van der Waals surface area contributed by atoms with Crippen molar-refractivity contribution in [1.82, 2.24) is 0 Å². The average molecular weight is 511 g/mol. The van der Waals surface area contributed by atoms with Gasteiger partial charge in [0, 0.05) is 0 Å². The number of benzene rings is 4. The average Bonchev–Trinajstić information content (AvgIpc) is 2.88. The summed E-state index contributed by atoms with van der Waals surface area (Å²) < 4.78 is 11.8. The highest BCUT2D eigenvalue weighted by Crippen LogP contribution is 2.25. The monoisotopic (exact) mass is 510 g/mol. The van der Waals surface area contributed by atoms with Crippen LogP contribution in [0.5, 0.6) is 23.0 Å². The quantitative estimate of drug-likeness (QED) is 0.187. The van der Waals surface area contributed by atoms with E-state index in [9.17, 15) is 9.59 Å². The van der Waals surface area contributed by atoms with Gasteiger partial charge in [0.05, 0.1) is 12.8 Å². The number of hydrogen-bond donors (Lipinski definition) is 2. The molecule has 0 aromatic heterocycles. The fraction of sp³-hybridized carbons (Fsp3) is 0.188. The van der Waals surface area contributed by atoms with Crippen molar-refractivity contribution in [3.05, 3.63) is 119 Å². The van der Waals surface area contributed by atoms with Gasteiger partial charge >= 0.3 is 11.9 Å². The molecule has 0 heterocycles. The van der Waals surface area contributed by atoms with Crippen molar-refractivity contribution in [1.29, 1.82) is 0 Å². The number of aliphatic carboxylic acids is 2. The van der Waals surface area contributed by atoms with Crippen molar-refractivity contribution in [3.63, 3.8) is 0 Å². The molecular formula is C32H30O6. The number of ether oxygens (including phenoxy) is 2. The molecular weight excluding hydrogens is 480 g/mol. The lowest BCUT2D eigenvalue weighted by Crippen LogP contribution is -1.99. The Morgan fingerprint density at radius 3 is 1.26 bits per heavy atom. The third kappa shape index (κ3) is 8.52. The Bertz CT molecular complexity index is 1250. The van der Waals surface area contributed by atoms with Crippen LogP contribution in [0, 0.1) is 0 Å². The minimum Gasteiger partial charge on any atom is -0.481 e. The van der Waals surface area contributed by atoms with E-state index in [-0.39, 0.29) is 12.8 Å². The lowest BCUT2D eigenvalue weighted by atomic mass is 10.0. The Hall–Kier alpha value is -4.58. The normalized spacial score (nSPS) is 10.6. The van der Waals surface area contributed by atoms with E-state index >= 15 is 0 Å². The zero-order valence-corrected chi connectivity index (χ0v) is 21.0. The van der Waals surface area contributed by atoms with Gasteiger partial charge in [0.25, 0.3) is 0 Å². The number of carboxylic acids is 2. The highest BCUT2D eigenvalue weighted by Gasteiger charge is 2.05. The second-order valence-corrected chi connectivity index (χ2v) is 9.13. The molecule has 6 heteroatoms. The van der Waals surface area contributed by atoms with Crippen LogP contribution in [0.4, 0.5) is 0 Å². The lowest BCUT2D eigenvalue weighted by Gasteiger charge is -2.09. The van der Waals surface area contributed by atoms with Crippen molar-refractivity contribution in [2.75, 3.05) is 0 Å². The summed E-state index contributed by atoms with van der Waals surface area (Å²) in [6.07, 6.45) is 4.01. The zero-order chi connectivity index (χ0) is 26.7. The van der Waals surface area contributed by atoms with Crippen LogP contribution < -0.4 is 9.47 Å². The van der Waals surface area contributed by atoms with Crippen LogP contribution >= 0.6 is 0 Å². The highest BCUT2D eigenvalue weighted by atomic mass is 16.5.